The molecule has 0 N–H and O–H groups in total. The second-order valence-electron chi connectivity index (χ2n) is 3.35. The van der Waals surface area contributed by atoms with Gasteiger partial charge in [-0.25, -0.2) is 4.39 Å². The van der Waals surface area contributed by atoms with Crippen molar-refractivity contribution in [1.29, 1.82) is 0 Å². The Morgan fingerprint density at radius 1 is 1.69 bits per heavy atom. The average molecular weight is 246 g/mol. The number of pyridine rings is 1. The van der Waals surface area contributed by atoms with Crippen LogP contribution in [0.15, 0.2) is 16.7 Å². The van der Waals surface area contributed by atoms with Crippen LogP contribution in [0.1, 0.15) is 18.2 Å². The zero-order valence-electron chi connectivity index (χ0n) is 7.18. The molecule has 4 heteroatoms. The van der Waals surface area contributed by atoms with Gasteiger partial charge in [-0.2, -0.15) is 0 Å². The Labute approximate surface area is 84.3 Å². The molecule has 1 aliphatic rings. The molecule has 1 atom stereocenters. The summed E-state index contributed by atoms with van der Waals surface area (Å²) in [6, 6.07) is 1.85. The van der Waals surface area contributed by atoms with Crippen LogP contribution in [0.4, 0.5) is 4.39 Å². The van der Waals surface area contributed by atoms with E-state index >= 15 is 0 Å². The SMILES string of the molecule is CC1(F)COCc2cc(Br)cnc21. The predicted molar refractivity (Wildman–Crippen MR) is 50.1 cm³/mol. The zero-order chi connectivity index (χ0) is 9.47. The molecule has 13 heavy (non-hydrogen) atoms. The third kappa shape index (κ3) is 1.60. The van der Waals surface area contributed by atoms with Crippen molar-refractivity contribution >= 4 is 15.9 Å². The van der Waals surface area contributed by atoms with Crippen molar-refractivity contribution in [2.24, 2.45) is 0 Å². The van der Waals surface area contributed by atoms with Crippen LogP contribution in [0.2, 0.25) is 0 Å². The van der Waals surface area contributed by atoms with Gasteiger partial charge < -0.3 is 4.74 Å². The first-order chi connectivity index (χ1) is 6.09. The molecule has 0 saturated carbocycles. The summed E-state index contributed by atoms with van der Waals surface area (Å²) < 4.78 is 19.8. The number of nitrogens with zero attached hydrogens (tertiary/aromatic N) is 1. The van der Waals surface area contributed by atoms with Gasteiger partial charge in [-0.05, 0) is 28.9 Å². The van der Waals surface area contributed by atoms with Crippen LogP contribution in [0.3, 0.4) is 0 Å². The molecule has 0 aromatic carbocycles. The first kappa shape index (κ1) is 9.09. The lowest BCUT2D eigenvalue weighted by molar-refractivity contribution is -0.00793. The summed E-state index contributed by atoms with van der Waals surface area (Å²) in [6.07, 6.45) is 1.61. The van der Waals surface area contributed by atoms with Crippen molar-refractivity contribution in [2.45, 2.75) is 19.2 Å². The highest BCUT2D eigenvalue weighted by Gasteiger charge is 2.34. The molecule has 0 amide bonds. The molecule has 2 nitrogen and oxygen atoms in total. The van der Waals surface area contributed by atoms with Gasteiger partial charge >= 0.3 is 0 Å². The second kappa shape index (κ2) is 3.03. The van der Waals surface area contributed by atoms with Gasteiger partial charge in [0.15, 0.2) is 5.67 Å². The second-order valence-corrected chi connectivity index (χ2v) is 4.27. The van der Waals surface area contributed by atoms with E-state index in [9.17, 15) is 4.39 Å². The molecule has 1 unspecified atom stereocenters. The van der Waals surface area contributed by atoms with E-state index in [0.717, 1.165) is 10.0 Å². The van der Waals surface area contributed by atoms with E-state index in [0.29, 0.717) is 12.3 Å². The summed E-state index contributed by atoms with van der Waals surface area (Å²) in [5.41, 5.74) is -0.124. The Kier molecular flexibility index (Phi) is 2.12. The van der Waals surface area contributed by atoms with Crippen LogP contribution in [0.5, 0.6) is 0 Å². The van der Waals surface area contributed by atoms with Gasteiger partial charge in [-0.3, -0.25) is 4.98 Å². The van der Waals surface area contributed by atoms with Crippen molar-refractivity contribution in [3.8, 4) is 0 Å². The van der Waals surface area contributed by atoms with Crippen LogP contribution in [0.25, 0.3) is 0 Å². The molecular weight excluding hydrogens is 237 g/mol. The number of halogens is 2. The molecule has 1 aliphatic heterocycles. The molecule has 1 aromatic rings. The smallest absolute Gasteiger partial charge is 0.173 e. The maximum absolute atomic E-state index is 13.8. The number of aromatic nitrogens is 1. The number of rotatable bonds is 0. The van der Waals surface area contributed by atoms with E-state index in [2.05, 4.69) is 20.9 Å². The van der Waals surface area contributed by atoms with Crippen molar-refractivity contribution < 1.29 is 9.13 Å². The molecule has 70 valence electrons. The molecule has 0 spiro atoms. The Morgan fingerprint density at radius 3 is 3.23 bits per heavy atom. The maximum atomic E-state index is 13.8. The summed E-state index contributed by atoms with van der Waals surface area (Å²) in [4.78, 5) is 4.07. The first-order valence-electron chi connectivity index (χ1n) is 4.01. The van der Waals surface area contributed by atoms with Crippen molar-refractivity contribution in [1.82, 2.24) is 4.98 Å². The molecule has 0 bridgehead atoms. The lowest BCUT2D eigenvalue weighted by atomic mass is 9.98. The van der Waals surface area contributed by atoms with Gasteiger partial charge in [-0.1, -0.05) is 0 Å². The highest BCUT2D eigenvalue weighted by Crippen LogP contribution is 2.32. The van der Waals surface area contributed by atoms with Crippen LogP contribution in [-0.2, 0) is 17.0 Å². The molecular formula is C9H9BrFNO. The molecule has 0 radical (unpaired) electrons. The highest BCUT2D eigenvalue weighted by atomic mass is 79.9. The number of fused-ring (bicyclic) bond motifs is 1. The Morgan fingerprint density at radius 2 is 2.46 bits per heavy atom. The van der Waals surface area contributed by atoms with E-state index in [1.165, 1.54) is 6.92 Å². The minimum atomic E-state index is -1.45. The Bertz CT molecular complexity index is 340. The number of hydrogen-bond acceptors (Lipinski definition) is 2. The lowest BCUT2D eigenvalue weighted by Gasteiger charge is -2.27. The molecule has 0 saturated heterocycles. The normalized spacial score (nSPS) is 27.0. The number of alkyl halides is 1. The van der Waals surface area contributed by atoms with Gasteiger partial charge in [0.25, 0.3) is 0 Å². The summed E-state index contributed by atoms with van der Waals surface area (Å²) in [6.45, 7) is 2.03. The topological polar surface area (TPSA) is 22.1 Å². The highest BCUT2D eigenvalue weighted by molar-refractivity contribution is 9.10. The molecule has 2 rings (SSSR count). The van der Waals surface area contributed by atoms with E-state index in [4.69, 9.17) is 4.74 Å². The minimum absolute atomic E-state index is 0.0919. The van der Waals surface area contributed by atoms with E-state index < -0.39 is 5.67 Å². The number of ether oxygens (including phenoxy) is 1. The minimum Gasteiger partial charge on any atom is -0.373 e. The average Bonchev–Trinajstić information content (AvgIpc) is 2.02. The summed E-state index contributed by atoms with van der Waals surface area (Å²) in [5.74, 6) is 0. The maximum Gasteiger partial charge on any atom is 0.173 e. The fourth-order valence-electron chi connectivity index (χ4n) is 1.48. The van der Waals surface area contributed by atoms with Gasteiger partial charge in [0, 0.05) is 16.2 Å². The monoisotopic (exact) mass is 245 g/mol. The Balaban J connectivity index is 2.53. The van der Waals surface area contributed by atoms with E-state index in [-0.39, 0.29) is 6.61 Å². The van der Waals surface area contributed by atoms with E-state index in [1.54, 1.807) is 6.20 Å². The third-order valence-corrected chi connectivity index (χ3v) is 2.49. The van der Waals surface area contributed by atoms with E-state index in [1.807, 2.05) is 6.07 Å². The predicted octanol–water partition coefficient (Wildman–Crippen LogP) is 2.56. The summed E-state index contributed by atoms with van der Waals surface area (Å²) in [5, 5.41) is 0. The molecule has 0 aliphatic carbocycles. The number of hydrogen-bond donors (Lipinski definition) is 0. The fourth-order valence-corrected chi connectivity index (χ4v) is 1.86. The van der Waals surface area contributed by atoms with Crippen LogP contribution in [0, 0.1) is 0 Å². The van der Waals surface area contributed by atoms with Gasteiger partial charge in [0.2, 0.25) is 0 Å². The molecule has 2 heterocycles. The lowest BCUT2D eigenvalue weighted by Crippen LogP contribution is -2.30. The third-order valence-electron chi connectivity index (χ3n) is 2.06. The van der Waals surface area contributed by atoms with Crippen molar-refractivity contribution in [2.75, 3.05) is 6.61 Å². The van der Waals surface area contributed by atoms with Crippen LogP contribution >= 0.6 is 15.9 Å². The quantitative estimate of drug-likeness (QED) is 0.701. The van der Waals surface area contributed by atoms with Crippen LogP contribution in [-0.4, -0.2) is 11.6 Å². The molecule has 0 fully saturated rings. The molecule has 1 aromatic heterocycles. The zero-order valence-corrected chi connectivity index (χ0v) is 8.77. The standard InChI is InChI=1S/C9H9BrFNO/c1-9(11)5-13-4-6-2-7(10)3-12-8(6)9/h2-3H,4-5H2,1H3. The van der Waals surface area contributed by atoms with Crippen LogP contribution < -0.4 is 0 Å². The Hall–Kier alpha value is -0.480. The van der Waals surface area contributed by atoms with Gasteiger partial charge in [0.05, 0.1) is 18.9 Å². The summed E-state index contributed by atoms with van der Waals surface area (Å²) >= 11 is 3.29. The first-order valence-corrected chi connectivity index (χ1v) is 4.80. The van der Waals surface area contributed by atoms with Crippen molar-refractivity contribution in [3.63, 3.8) is 0 Å². The fraction of sp³-hybridized carbons (Fsp3) is 0.444. The van der Waals surface area contributed by atoms with Gasteiger partial charge in [0.1, 0.15) is 0 Å². The van der Waals surface area contributed by atoms with Crippen molar-refractivity contribution in [3.05, 3.63) is 28.0 Å². The van der Waals surface area contributed by atoms with Gasteiger partial charge in [-0.15, -0.1) is 0 Å². The summed E-state index contributed by atoms with van der Waals surface area (Å²) in [7, 11) is 0. The largest absolute Gasteiger partial charge is 0.373 e.